The summed E-state index contributed by atoms with van der Waals surface area (Å²) in [5, 5.41) is 12.8. The van der Waals surface area contributed by atoms with E-state index in [4.69, 9.17) is 16.3 Å². The minimum atomic E-state index is -0.353. The minimum absolute atomic E-state index is 0.0512. The molecule has 3 rings (SSSR count). The number of aromatic nitrogens is 3. The van der Waals surface area contributed by atoms with Gasteiger partial charge in [0.1, 0.15) is 5.75 Å². The van der Waals surface area contributed by atoms with E-state index in [1.54, 1.807) is 6.07 Å². The number of para-hydroxylation sites is 2. The first-order chi connectivity index (χ1) is 15.4. The fraction of sp³-hybridized carbons (Fsp3) is 0.375. The third-order valence-corrected chi connectivity index (χ3v) is 6.41. The normalized spacial score (nSPS) is 13.1. The van der Waals surface area contributed by atoms with Crippen molar-refractivity contribution in [3.63, 3.8) is 0 Å². The predicted octanol–water partition coefficient (Wildman–Crippen LogP) is 6.24. The van der Waals surface area contributed by atoms with Gasteiger partial charge in [0.25, 0.3) is 0 Å². The van der Waals surface area contributed by atoms with Gasteiger partial charge in [-0.2, -0.15) is 0 Å². The molecule has 0 saturated carbocycles. The average Bonchev–Trinajstić information content (AvgIpc) is 3.15. The van der Waals surface area contributed by atoms with E-state index in [-0.39, 0.29) is 17.3 Å². The molecule has 0 fully saturated rings. The number of anilines is 1. The van der Waals surface area contributed by atoms with Crippen LogP contribution >= 0.6 is 23.4 Å². The molecule has 2 unspecified atom stereocenters. The van der Waals surface area contributed by atoms with E-state index in [0.29, 0.717) is 34.1 Å². The third-order valence-electron chi connectivity index (χ3n) is 4.75. The topological polar surface area (TPSA) is 69.0 Å². The molecule has 6 nitrogen and oxygen atoms in total. The Morgan fingerprint density at radius 2 is 1.78 bits per heavy atom. The maximum absolute atomic E-state index is 12.9. The van der Waals surface area contributed by atoms with Crippen molar-refractivity contribution in [1.29, 1.82) is 0 Å². The van der Waals surface area contributed by atoms with E-state index in [2.05, 4.69) is 33.9 Å². The first kappa shape index (κ1) is 24.1. The Morgan fingerprint density at radius 1 is 1.09 bits per heavy atom. The van der Waals surface area contributed by atoms with E-state index in [0.717, 1.165) is 12.2 Å². The second kappa shape index (κ2) is 11.4. The van der Waals surface area contributed by atoms with Gasteiger partial charge in [0.15, 0.2) is 17.1 Å². The molecule has 1 amide bonds. The first-order valence-corrected chi connectivity index (χ1v) is 12.0. The van der Waals surface area contributed by atoms with Crippen LogP contribution in [0.4, 0.5) is 5.69 Å². The molecule has 0 aliphatic carbocycles. The summed E-state index contributed by atoms with van der Waals surface area (Å²) in [6.45, 7) is 8.92. The lowest BCUT2D eigenvalue weighted by atomic mass is 10.2. The Morgan fingerprint density at radius 3 is 2.44 bits per heavy atom. The minimum Gasteiger partial charge on any atom is -0.481 e. The van der Waals surface area contributed by atoms with E-state index in [9.17, 15) is 4.79 Å². The molecule has 170 valence electrons. The maximum atomic E-state index is 12.9. The number of amides is 1. The highest BCUT2D eigenvalue weighted by molar-refractivity contribution is 8.00. The SMILES string of the molecule is CCC(Sc1nnc(C(C)Oc2ccccc2Cl)n1CC(C)C)C(=O)Nc1ccccc1. The molecular weight excluding hydrogens is 444 g/mol. The summed E-state index contributed by atoms with van der Waals surface area (Å²) in [7, 11) is 0. The largest absolute Gasteiger partial charge is 0.481 e. The molecule has 3 aromatic rings. The summed E-state index contributed by atoms with van der Waals surface area (Å²) in [6, 6.07) is 16.8. The number of hydrogen-bond acceptors (Lipinski definition) is 5. The molecule has 8 heteroatoms. The van der Waals surface area contributed by atoms with Gasteiger partial charge in [0.05, 0.1) is 10.3 Å². The lowest BCUT2D eigenvalue weighted by Crippen LogP contribution is -2.25. The van der Waals surface area contributed by atoms with Gasteiger partial charge in [-0.15, -0.1) is 10.2 Å². The molecule has 1 aromatic heterocycles. The monoisotopic (exact) mass is 472 g/mol. The van der Waals surface area contributed by atoms with Gasteiger partial charge in [0.2, 0.25) is 5.91 Å². The fourth-order valence-corrected chi connectivity index (χ4v) is 4.35. The van der Waals surface area contributed by atoms with Crippen molar-refractivity contribution in [2.24, 2.45) is 5.92 Å². The number of nitrogens with zero attached hydrogens (tertiary/aromatic N) is 3. The highest BCUT2D eigenvalue weighted by Crippen LogP contribution is 2.31. The van der Waals surface area contributed by atoms with Crippen molar-refractivity contribution in [2.75, 3.05) is 5.32 Å². The van der Waals surface area contributed by atoms with Crippen LogP contribution in [0.25, 0.3) is 0 Å². The summed E-state index contributed by atoms with van der Waals surface area (Å²) < 4.78 is 8.13. The highest BCUT2D eigenvalue weighted by Gasteiger charge is 2.25. The summed E-state index contributed by atoms with van der Waals surface area (Å²) in [5.41, 5.74) is 0.780. The number of benzene rings is 2. The van der Waals surface area contributed by atoms with Crippen LogP contribution in [0.2, 0.25) is 5.02 Å². The highest BCUT2D eigenvalue weighted by atomic mass is 35.5. The van der Waals surface area contributed by atoms with Crippen molar-refractivity contribution >= 4 is 35.0 Å². The zero-order chi connectivity index (χ0) is 23.1. The van der Waals surface area contributed by atoms with Crippen LogP contribution in [0, 0.1) is 5.92 Å². The van der Waals surface area contributed by atoms with Crippen LogP contribution in [0.3, 0.4) is 0 Å². The quantitative estimate of drug-likeness (QED) is 0.354. The number of carbonyl (C=O) groups is 1. The predicted molar refractivity (Wildman–Crippen MR) is 130 cm³/mol. The van der Waals surface area contributed by atoms with Crippen LogP contribution in [0.1, 0.15) is 46.0 Å². The van der Waals surface area contributed by atoms with Crippen molar-refractivity contribution in [3.8, 4) is 5.75 Å². The van der Waals surface area contributed by atoms with Gasteiger partial charge in [-0.3, -0.25) is 4.79 Å². The molecule has 2 atom stereocenters. The Kier molecular flexibility index (Phi) is 8.59. The van der Waals surface area contributed by atoms with Crippen LogP contribution < -0.4 is 10.1 Å². The Hall–Kier alpha value is -2.51. The molecule has 2 aromatic carbocycles. The Labute approximate surface area is 198 Å². The van der Waals surface area contributed by atoms with E-state index in [1.807, 2.05) is 62.4 Å². The second-order valence-electron chi connectivity index (χ2n) is 7.91. The first-order valence-electron chi connectivity index (χ1n) is 10.8. The van der Waals surface area contributed by atoms with Gasteiger partial charge in [-0.1, -0.05) is 74.5 Å². The van der Waals surface area contributed by atoms with Gasteiger partial charge in [-0.05, 0) is 43.5 Å². The number of nitrogens with one attached hydrogen (secondary N) is 1. The number of thioether (sulfide) groups is 1. The maximum Gasteiger partial charge on any atom is 0.237 e. The molecule has 0 radical (unpaired) electrons. The summed E-state index contributed by atoms with van der Waals surface area (Å²) in [6.07, 6.45) is 0.313. The van der Waals surface area contributed by atoms with E-state index < -0.39 is 0 Å². The zero-order valence-electron chi connectivity index (χ0n) is 18.8. The molecule has 0 saturated heterocycles. The molecule has 1 N–H and O–H groups in total. The second-order valence-corrected chi connectivity index (χ2v) is 9.48. The summed E-state index contributed by atoms with van der Waals surface area (Å²) in [4.78, 5) is 12.9. The zero-order valence-corrected chi connectivity index (χ0v) is 20.4. The van der Waals surface area contributed by atoms with Crippen molar-refractivity contribution in [3.05, 3.63) is 65.4 Å². The Balaban J connectivity index is 1.80. The van der Waals surface area contributed by atoms with Gasteiger partial charge >= 0.3 is 0 Å². The number of ether oxygens (including phenoxy) is 1. The van der Waals surface area contributed by atoms with Gasteiger partial charge in [0, 0.05) is 12.2 Å². The molecule has 32 heavy (non-hydrogen) atoms. The van der Waals surface area contributed by atoms with Crippen molar-refractivity contribution in [2.45, 2.75) is 57.2 Å². The third kappa shape index (κ3) is 6.26. The van der Waals surface area contributed by atoms with E-state index >= 15 is 0 Å². The van der Waals surface area contributed by atoms with Crippen LogP contribution in [0.5, 0.6) is 5.75 Å². The molecule has 0 aliphatic heterocycles. The number of hydrogen-bond donors (Lipinski definition) is 1. The molecular formula is C24H29ClN4O2S. The van der Waals surface area contributed by atoms with Crippen LogP contribution in [-0.2, 0) is 11.3 Å². The summed E-state index contributed by atoms with van der Waals surface area (Å²) >= 11 is 7.69. The number of carbonyl (C=O) groups excluding carboxylic acids is 1. The van der Waals surface area contributed by atoms with Crippen molar-refractivity contribution in [1.82, 2.24) is 14.8 Å². The standard InChI is InChI=1S/C24H29ClN4O2S/c1-5-21(23(30)26-18-11-7-6-8-12-18)32-24-28-27-22(29(24)15-16(2)3)17(4)31-20-14-10-9-13-19(20)25/h6-14,16-17,21H,5,15H2,1-4H3,(H,26,30). The molecule has 0 bridgehead atoms. The molecule has 0 spiro atoms. The molecule has 0 aliphatic rings. The summed E-state index contributed by atoms with van der Waals surface area (Å²) in [5.74, 6) is 1.63. The van der Waals surface area contributed by atoms with Gasteiger partial charge in [-0.25, -0.2) is 0 Å². The van der Waals surface area contributed by atoms with Crippen LogP contribution in [0.15, 0.2) is 59.8 Å². The smallest absolute Gasteiger partial charge is 0.237 e. The number of halogens is 1. The number of rotatable bonds is 10. The Bertz CT molecular complexity index is 1030. The molecule has 1 heterocycles. The van der Waals surface area contributed by atoms with Crippen LogP contribution in [-0.4, -0.2) is 25.9 Å². The lowest BCUT2D eigenvalue weighted by molar-refractivity contribution is -0.115. The fourth-order valence-electron chi connectivity index (χ4n) is 3.20. The average molecular weight is 473 g/mol. The lowest BCUT2D eigenvalue weighted by Gasteiger charge is -2.19. The van der Waals surface area contributed by atoms with Crippen molar-refractivity contribution < 1.29 is 9.53 Å². The van der Waals surface area contributed by atoms with E-state index in [1.165, 1.54) is 11.8 Å². The van der Waals surface area contributed by atoms with Gasteiger partial charge < -0.3 is 14.6 Å².